The highest BCUT2D eigenvalue weighted by Gasteiger charge is 2.19. The van der Waals surface area contributed by atoms with Crippen LogP contribution in [0, 0.1) is 0 Å². The summed E-state index contributed by atoms with van der Waals surface area (Å²) in [7, 11) is 0. The molecule has 14 heavy (non-hydrogen) atoms. The van der Waals surface area contributed by atoms with Crippen molar-refractivity contribution >= 4 is 74.4 Å². The third kappa shape index (κ3) is 7.77. The maximum Gasteiger partial charge on any atom is 0.247 e. The maximum atomic E-state index is 11.2. The van der Waals surface area contributed by atoms with E-state index >= 15 is 0 Å². The van der Waals surface area contributed by atoms with Crippen molar-refractivity contribution in [3.05, 3.63) is 0 Å². The Morgan fingerprint density at radius 3 is 2.29 bits per heavy atom. The number of hydrogen-bond acceptors (Lipinski definition) is 3. The molecule has 0 heterocycles. The van der Waals surface area contributed by atoms with Crippen LogP contribution in [0.3, 0.4) is 0 Å². The Bertz CT molecular complexity index is 179. The van der Waals surface area contributed by atoms with Crippen LogP contribution < -0.4 is 0 Å². The topological polar surface area (TPSA) is 17.1 Å². The molecule has 7 heteroatoms. The van der Waals surface area contributed by atoms with Gasteiger partial charge in [0.1, 0.15) is 9.55 Å². The van der Waals surface area contributed by atoms with Gasteiger partial charge in [-0.05, 0) is 6.42 Å². The number of carbonyl (C=O) groups excluding carboxylic acids is 1. The molecule has 0 aromatic heterocycles. The van der Waals surface area contributed by atoms with E-state index < -0.39 is 9.55 Å². The van der Waals surface area contributed by atoms with Crippen LogP contribution in [0.4, 0.5) is 4.79 Å². The van der Waals surface area contributed by atoms with Crippen molar-refractivity contribution in [3.63, 3.8) is 0 Å². The van der Waals surface area contributed by atoms with Gasteiger partial charge in [0, 0.05) is 11.1 Å². The molecule has 0 rings (SSSR count). The third-order valence-electron chi connectivity index (χ3n) is 1.23. The molecule has 1 nitrogen and oxygen atoms in total. The lowest BCUT2D eigenvalue weighted by Gasteiger charge is -2.08. The van der Waals surface area contributed by atoms with Gasteiger partial charge in [0.2, 0.25) is 4.45 Å². The van der Waals surface area contributed by atoms with Crippen molar-refractivity contribution in [1.82, 2.24) is 0 Å². The van der Waals surface area contributed by atoms with Crippen LogP contribution in [-0.2, 0) is 0 Å². The molecule has 0 aromatic carbocycles. The monoisotopic (exact) mass is 314 g/mol. The summed E-state index contributed by atoms with van der Waals surface area (Å²) in [5.41, 5.74) is 0. The number of rotatable bonds is 5. The van der Waals surface area contributed by atoms with Crippen LogP contribution in [0.5, 0.6) is 0 Å². The van der Waals surface area contributed by atoms with Gasteiger partial charge in [-0.15, -0.1) is 46.4 Å². The molecule has 0 aliphatic carbocycles. The lowest BCUT2D eigenvalue weighted by molar-refractivity contribution is 0.276. The van der Waals surface area contributed by atoms with Gasteiger partial charge in [-0.25, -0.2) is 0 Å². The van der Waals surface area contributed by atoms with Gasteiger partial charge in [-0.3, -0.25) is 4.79 Å². The van der Waals surface area contributed by atoms with Gasteiger partial charge in [-0.2, -0.15) is 0 Å². The van der Waals surface area contributed by atoms with Crippen molar-refractivity contribution < 1.29 is 4.79 Å². The summed E-state index contributed by atoms with van der Waals surface area (Å²) in [5.74, 6) is 0.586. The quantitative estimate of drug-likeness (QED) is 0.667. The van der Waals surface area contributed by atoms with Gasteiger partial charge in [0.05, 0.1) is 0 Å². The van der Waals surface area contributed by atoms with E-state index in [9.17, 15) is 4.79 Å². The summed E-state index contributed by atoms with van der Waals surface area (Å²) < 4.78 is -0.705. The molecule has 0 aliphatic heterocycles. The fourth-order valence-corrected chi connectivity index (χ4v) is 2.98. The Morgan fingerprint density at radius 1 is 1.29 bits per heavy atom. The highest BCUT2D eigenvalue weighted by Crippen LogP contribution is 2.31. The Hall–Kier alpha value is 1.53. The summed E-state index contributed by atoms with van der Waals surface area (Å²) in [4.78, 5) is 10.5. The van der Waals surface area contributed by atoms with E-state index in [1.165, 1.54) is 0 Å². The average molecular weight is 316 g/mol. The van der Waals surface area contributed by atoms with E-state index in [1.807, 2.05) is 6.92 Å². The molecular weight excluding hydrogens is 306 g/mol. The zero-order valence-corrected chi connectivity index (χ0v) is 12.0. The summed E-state index contributed by atoms with van der Waals surface area (Å²) in [6, 6.07) is 0. The molecule has 2 atom stereocenters. The number of halogens is 4. The predicted octanol–water partition coefficient (Wildman–Crippen LogP) is 4.96. The lowest BCUT2D eigenvalue weighted by Crippen LogP contribution is -2.07. The second-order valence-electron chi connectivity index (χ2n) is 2.37. The van der Waals surface area contributed by atoms with Gasteiger partial charge >= 0.3 is 0 Å². The number of thioether (sulfide) groups is 2. The molecule has 0 fully saturated rings. The first-order chi connectivity index (χ1) is 6.47. The second-order valence-corrected chi connectivity index (χ2v) is 7.25. The lowest BCUT2D eigenvalue weighted by atomic mass is 10.4. The SMILES string of the molecule is CC[C@@H](Cl)CSC(=O)S[C@@H](Cl)C(Cl)Cl. The van der Waals surface area contributed by atoms with Crippen molar-refractivity contribution in [1.29, 1.82) is 0 Å². The molecule has 0 unspecified atom stereocenters. The van der Waals surface area contributed by atoms with Crippen LogP contribution in [0.25, 0.3) is 0 Å². The van der Waals surface area contributed by atoms with Crippen molar-refractivity contribution in [2.24, 2.45) is 0 Å². The molecule has 0 saturated carbocycles. The van der Waals surface area contributed by atoms with Gasteiger partial charge in [0.25, 0.3) is 0 Å². The Morgan fingerprint density at radius 2 is 1.86 bits per heavy atom. The summed E-state index contributed by atoms with van der Waals surface area (Å²) in [5, 5.41) is 0.0149. The molecule has 0 bridgehead atoms. The molecule has 0 radical (unpaired) electrons. The second kappa shape index (κ2) is 8.66. The van der Waals surface area contributed by atoms with Crippen LogP contribution >= 0.6 is 69.9 Å². The number of alkyl halides is 4. The smallest absolute Gasteiger partial charge is 0.247 e. The van der Waals surface area contributed by atoms with Gasteiger partial charge in [-0.1, -0.05) is 30.4 Å². The zero-order valence-electron chi connectivity index (χ0n) is 7.38. The molecule has 0 amide bonds. The number of hydrogen-bond donors (Lipinski definition) is 0. The maximum absolute atomic E-state index is 11.2. The molecule has 84 valence electrons. The summed E-state index contributed by atoms with van der Waals surface area (Å²) in [6.45, 7) is 1.97. The summed E-state index contributed by atoms with van der Waals surface area (Å²) in [6.07, 6.45) is 0.838. The molecular formula is C7H10Cl4OS2. The van der Waals surface area contributed by atoms with Crippen LogP contribution in [0.15, 0.2) is 0 Å². The van der Waals surface area contributed by atoms with Crippen molar-refractivity contribution in [2.45, 2.75) is 28.3 Å². The predicted molar refractivity (Wildman–Crippen MR) is 70.5 cm³/mol. The minimum atomic E-state index is -0.746. The fourth-order valence-electron chi connectivity index (χ4n) is 0.454. The first kappa shape index (κ1) is 15.5. The van der Waals surface area contributed by atoms with E-state index in [4.69, 9.17) is 46.4 Å². The van der Waals surface area contributed by atoms with Gasteiger partial charge < -0.3 is 0 Å². The van der Waals surface area contributed by atoms with E-state index in [0.717, 1.165) is 29.9 Å². The Kier molecular flexibility index (Phi) is 9.60. The molecule has 0 saturated heterocycles. The first-order valence-electron chi connectivity index (χ1n) is 3.87. The largest absolute Gasteiger partial charge is 0.274 e. The summed E-state index contributed by atoms with van der Waals surface area (Å²) >= 11 is 24.6. The van der Waals surface area contributed by atoms with E-state index in [0.29, 0.717) is 5.75 Å². The van der Waals surface area contributed by atoms with Crippen molar-refractivity contribution in [3.8, 4) is 0 Å². The molecule has 0 N–H and O–H groups in total. The minimum Gasteiger partial charge on any atom is -0.274 e. The van der Waals surface area contributed by atoms with E-state index in [2.05, 4.69) is 0 Å². The average Bonchev–Trinajstić information content (AvgIpc) is 2.13. The number of carbonyl (C=O) groups is 1. The standard InChI is InChI=1S/C7H10Cl4OS2/c1-2-4(8)3-13-7(12)14-6(11)5(9)10/h4-6H,2-3H2,1H3/t4-,6-/m1/s1. The van der Waals surface area contributed by atoms with E-state index in [1.54, 1.807) is 0 Å². The van der Waals surface area contributed by atoms with Gasteiger partial charge in [0.15, 0.2) is 0 Å². The van der Waals surface area contributed by atoms with Crippen molar-refractivity contribution in [2.75, 3.05) is 5.75 Å². The highest BCUT2D eigenvalue weighted by molar-refractivity contribution is 8.39. The van der Waals surface area contributed by atoms with Crippen LogP contribution in [-0.4, -0.2) is 25.1 Å². The fraction of sp³-hybridized carbons (Fsp3) is 0.857. The zero-order chi connectivity index (χ0) is 11.1. The third-order valence-corrected chi connectivity index (χ3v) is 5.59. The first-order valence-corrected chi connectivity index (χ1v) is 7.48. The van der Waals surface area contributed by atoms with E-state index in [-0.39, 0.29) is 9.82 Å². The Labute approximate surface area is 113 Å². The van der Waals surface area contributed by atoms with Crippen LogP contribution in [0.1, 0.15) is 13.3 Å². The highest BCUT2D eigenvalue weighted by atomic mass is 35.5. The molecule has 0 spiro atoms. The molecule has 0 aliphatic rings. The minimum absolute atomic E-state index is 0.0149. The van der Waals surface area contributed by atoms with Crippen LogP contribution in [0.2, 0.25) is 0 Å². The molecule has 0 aromatic rings. The Balaban J connectivity index is 3.65. The normalized spacial score (nSPS) is 15.6.